The molecule has 2 amide bonds. The summed E-state index contributed by atoms with van der Waals surface area (Å²) in [5.41, 5.74) is 6.89. The number of hydrogen-bond acceptors (Lipinski definition) is 4. The van der Waals surface area contributed by atoms with Gasteiger partial charge in [-0.05, 0) is 43.0 Å². The van der Waals surface area contributed by atoms with E-state index in [1.807, 2.05) is 0 Å². The van der Waals surface area contributed by atoms with Crippen LogP contribution in [0, 0.1) is 12.3 Å². The lowest BCUT2D eigenvalue weighted by atomic mass is 10.0. The average Bonchev–Trinajstić information content (AvgIpc) is 2.69. The summed E-state index contributed by atoms with van der Waals surface area (Å²) in [7, 11) is 0. The van der Waals surface area contributed by atoms with E-state index >= 15 is 0 Å². The summed E-state index contributed by atoms with van der Waals surface area (Å²) in [5, 5.41) is 2.59. The molecule has 0 saturated carbocycles. The molecule has 0 unspecified atom stereocenters. The minimum Gasteiger partial charge on any atom is -0.379 e. The van der Waals surface area contributed by atoms with Crippen LogP contribution in [0.5, 0.6) is 0 Å². The number of benzene rings is 1. The van der Waals surface area contributed by atoms with E-state index < -0.39 is 5.91 Å². The van der Waals surface area contributed by atoms with Crippen LogP contribution in [0.1, 0.15) is 52.0 Å². The Bertz CT molecular complexity index is 658. The number of unbranched alkanes of at least 4 members (excludes halogenated alkanes) is 3. The fourth-order valence-corrected chi connectivity index (χ4v) is 2.76. The van der Waals surface area contributed by atoms with Gasteiger partial charge < -0.3 is 20.5 Å². The van der Waals surface area contributed by atoms with Crippen molar-refractivity contribution < 1.29 is 19.1 Å². The molecular weight excluding hydrogens is 380 g/mol. The van der Waals surface area contributed by atoms with Crippen molar-refractivity contribution in [1.82, 2.24) is 5.32 Å². The highest BCUT2D eigenvalue weighted by molar-refractivity contribution is 6.17. The van der Waals surface area contributed by atoms with Crippen molar-refractivity contribution in [2.75, 3.05) is 38.9 Å². The summed E-state index contributed by atoms with van der Waals surface area (Å²) in [4.78, 5) is 23.6. The highest BCUT2D eigenvalue weighted by Crippen LogP contribution is 2.13. The fraction of sp³-hybridized carbons (Fsp3) is 0.524. The summed E-state index contributed by atoms with van der Waals surface area (Å²) < 4.78 is 11.1. The van der Waals surface area contributed by atoms with E-state index in [0.717, 1.165) is 25.7 Å². The second kappa shape index (κ2) is 14.9. The van der Waals surface area contributed by atoms with Gasteiger partial charge in [0.1, 0.15) is 0 Å². The predicted octanol–water partition coefficient (Wildman–Crippen LogP) is 2.52. The third kappa shape index (κ3) is 9.75. The van der Waals surface area contributed by atoms with Crippen molar-refractivity contribution in [2.45, 2.75) is 32.1 Å². The molecule has 0 aromatic heterocycles. The van der Waals surface area contributed by atoms with E-state index in [-0.39, 0.29) is 12.5 Å². The lowest BCUT2D eigenvalue weighted by molar-refractivity contribution is 0.0474. The fourth-order valence-electron chi connectivity index (χ4n) is 2.57. The van der Waals surface area contributed by atoms with Crippen molar-refractivity contribution in [1.29, 1.82) is 0 Å². The molecule has 154 valence electrons. The Balaban J connectivity index is 2.36. The lowest BCUT2D eigenvalue weighted by Gasteiger charge is -2.10. The molecule has 0 heterocycles. The summed E-state index contributed by atoms with van der Waals surface area (Å²) in [6.07, 6.45) is 9.93. The number of primary amides is 1. The Hall–Kier alpha value is -2.07. The second-order valence-electron chi connectivity index (χ2n) is 6.20. The number of ether oxygens (including phenoxy) is 2. The van der Waals surface area contributed by atoms with E-state index in [2.05, 4.69) is 11.2 Å². The number of amides is 2. The van der Waals surface area contributed by atoms with Crippen LogP contribution in [-0.2, 0) is 15.9 Å². The van der Waals surface area contributed by atoms with Gasteiger partial charge in [0, 0.05) is 23.6 Å². The van der Waals surface area contributed by atoms with Crippen LogP contribution >= 0.6 is 11.6 Å². The molecule has 7 heteroatoms. The number of rotatable bonds is 15. The van der Waals surface area contributed by atoms with Crippen LogP contribution in [0.4, 0.5) is 0 Å². The van der Waals surface area contributed by atoms with Gasteiger partial charge in [-0.15, -0.1) is 18.0 Å². The molecule has 0 fully saturated rings. The zero-order valence-corrected chi connectivity index (χ0v) is 16.9. The monoisotopic (exact) mass is 408 g/mol. The standard InChI is InChI=1S/C21H29ClN2O4/c1-2-11-24-21(26)18-7-8-19(20(23)25)17(16-18)9-13-28-15-14-27-12-6-4-3-5-10-22/h1,7-8,16H,3-6,9-15H2,(H2,23,25)(H,24,26). The SMILES string of the molecule is C#CCNC(=O)c1ccc(C(N)=O)c(CCOCCOCCCCCCCl)c1. The molecule has 0 bridgehead atoms. The van der Waals surface area contributed by atoms with Crippen LogP contribution in [0.2, 0.25) is 0 Å². The minimum atomic E-state index is -0.539. The summed E-state index contributed by atoms with van der Waals surface area (Å²) in [6.45, 7) is 2.24. The lowest BCUT2D eigenvalue weighted by Crippen LogP contribution is -2.24. The number of terminal acetylenes is 1. The Kier molecular flexibility index (Phi) is 12.8. The maximum Gasteiger partial charge on any atom is 0.252 e. The van der Waals surface area contributed by atoms with E-state index in [9.17, 15) is 9.59 Å². The summed E-state index contributed by atoms with van der Waals surface area (Å²) in [6, 6.07) is 4.75. The molecule has 0 radical (unpaired) electrons. The molecule has 28 heavy (non-hydrogen) atoms. The van der Waals surface area contributed by atoms with E-state index in [1.54, 1.807) is 18.2 Å². The van der Waals surface area contributed by atoms with Gasteiger partial charge in [0.25, 0.3) is 5.91 Å². The Labute approximate surface area is 172 Å². The van der Waals surface area contributed by atoms with Gasteiger partial charge in [-0.1, -0.05) is 18.8 Å². The highest BCUT2D eigenvalue weighted by atomic mass is 35.5. The van der Waals surface area contributed by atoms with Crippen LogP contribution in [0.25, 0.3) is 0 Å². The topological polar surface area (TPSA) is 90.7 Å². The molecule has 0 aliphatic rings. The first-order valence-electron chi connectivity index (χ1n) is 9.46. The van der Waals surface area contributed by atoms with Gasteiger partial charge in [0.15, 0.2) is 0 Å². The third-order valence-corrected chi connectivity index (χ3v) is 4.31. The zero-order valence-electron chi connectivity index (χ0n) is 16.2. The van der Waals surface area contributed by atoms with E-state index in [0.29, 0.717) is 55.4 Å². The number of nitrogens with two attached hydrogens (primary N) is 1. The number of nitrogens with one attached hydrogen (secondary N) is 1. The average molecular weight is 409 g/mol. The van der Waals surface area contributed by atoms with Gasteiger partial charge in [-0.25, -0.2) is 0 Å². The molecule has 0 spiro atoms. The highest BCUT2D eigenvalue weighted by Gasteiger charge is 2.12. The van der Waals surface area contributed by atoms with Gasteiger partial charge >= 0.3 is 0 Å². The maximum atomic E-state index is 12.0. The summed E-state index contributed by atoms with van der Waals surface area (Å²) in [5.74, 6) is 2.22. The van der Waals surface area contributed by atoms with E-state index in [1.165, 1.54) is 0 Å². The number of halogens is 1. The molecule has 1 aromatic carbocycles. The first kappa shape index (κ1) is 24.0. The van der Waals surface area contributed by atoms with Gasteiger partial charge in [-0.3, -0.25) is 9.59 Å². The number of carbonyl (C=O) groups is 2. The molecule has 0 aliphatic heterocycles. The smallest absolute Gasteiger partial charge is 0.252 e. The van der Waals surface area contributed by atoms with Crippen molar-refractivity contribution in [3.8, 4) is 12.3 Å². The number of hydrogen-bond donors (Lipinski definition) is 2. The molecule has 3 N–H and O–H groups in total. The van der Waals surface area contributed by atoms with Gasteiger partial charge in [0.2, 0.25) is 5.91 Å². The molecule has 1 aromatic rings. The van der Waals surface area contributed by atoms with Crippen molar-refractivity contribution in [3.05, 3.63) is 34.9 Å². The molecule has 0 atom stereocenters. The van der Waals surface area contributed by atoms with Crippen molar-refractivity contribution >= 4 is 23.4 Å². The van der Waals surface area contributed by atoms with Crippen molar-refractivity contribution in [3.63, 3.8) is 0 Å². The minimum absolute atomic E-state index is 0.140. The maximum absolute atomic E-state index is 12.0. The molecule has 1 rings (SSSR count). The number of carbonyl (C=O) groups excluding carboxylic acids is 2. The van der Waals surface area contributed by atoms with Gasteiger partial charge in [0.05, 0.1) is 26.4 Å². The predicted molar refractivity (Wildman–Crippen MR) is 111 cm³/mol. The Morgan fingerprint density at radius 3 is 2.46 bits per heavy atom. The van der Waals surface area contributed by atoms with Crippen LogP contribution < -0.4 is 11.1 Å². The van der Waals surface area contributed by atoms with Gasteiger partial charge in [-0.2, -0.15) is 0 Å². The first-order valence-corrected chi connectivity index (χ1v) is 9.99. The molecule has 6 nitrogen and oxygen atoms in total. The molecule has 0 aliphatic carbocycles. The first-order chi connectivity index (χ1) is 13.6. The van der Waals surface area contributed by atoms with E-state index in [4.69, 9.17) is 33.2 Å². The molecular formula is C21H29ClN2O4. The van der Waals surface area contributed by atoms with Crippen LogP contribution in [-0.4, -0.2) is 50.7 Å². The third-order valence-electron chi connectivity index (χ3n) is 4.04. The summed E-state index contributed by atoms with van der Waals surface area (Å²) >= 11 is 5.63. The second-order valence-corrected chi connectivity index (χ2v) is 6.58. The van der Waals surface area contributed by atoms with Crippen molar-refractivity contribution in [2.24, 2.45) is 5.73 Å². The Morgan fingerprint density at radius 1 is 1.07 bits per heavy atom. The largest absolute Gasteiger partial charge is 0.379 e. The van der Waals surface area contributed by atoms with Crippen LogP contribution in [0.15, 0.2) is 18.2 Å². The zero-order chi connectivity index (χ0) is 20.6. The Morgan fingerprint density at radius 2 is 1.79 bits per heavy atom. The quantitative estimate of drug-likeness (QED) is 0.265. The number of alkyl halides is 1. The normalized spacial score (nSPS) is 10.4. The van der Waals surface area contributed by atoms with Crippen LogP contribution in [0.3, 0.4) is 0 Å². The molecule has 0 saturated heterocycles.